The fourth-order valence-corrected chi connectivity index (χ4v) is 3.29. The predicted molar refractivity (Wildman–Crippen MR) is 79.5 cm³/mol. The molecule has 0 spiro atoms. The largest absolute Gasteiger partial charge is 0.507 e. The van der Waals surface area contributed by atoms with Crippen molar-refractivity contribution in [3.8, 4) is 5.75 Å². The van der Waals surface area contributed by atoms with E-state index in [0.717, 1.165) is 16.7 Å². The van der Waals surface area contributed by atoms with Crippen LogP contribution in [0.15, 0.2) is 12.1 Å². The number of rotatable bonds is 1. The Balaban J connectivity index is 2.55. The van der Waals surface area contributed by atoms with Gasteiger partial charge in [0.25, 0.3) is 0 Å². The zero-order valence-electron chi connectivity index (χ0n) is 12.1. The van der Waals surface area contributed by atoms with Gasteiger partial charge in [0.2, 0.25) is 5.91 Å². The summed E-state index contributed by atoms with van der Waals surface area (Å²) in [5.41, 5.74) is 2.69. The molecular weight excluding hydrogens is 258 g/mol. The van der Waals surface area contributed by atoms with Crippen molar-refractivity contribution in [2.24, 2.45) is 0 Å². The summed E-state index contributed by atoms with van der Waals surface area (Å²) < 4.78 is 0. The Hall–Kier alpha value is -1.16. The number of nitrogens with one attached hydrogen (secondary N) is 1. The molecule has 19 heavy (non-hydrogen) atoms. The average Bonchev–Trinajstić information content (AvgIpc) is 2.62. The van der Waals surface area contributed by atoms with Crippen LogP contribution < -0.4 is 5.32 Å². The molecular formula is C15H21NO2S. The first-order valence-electron chi connectivity index (χ1n) is 6.43. The number of aromatic hydroxyl groups is 1. The topological polar surface area (TPSA) is 49.3 Å². The van der Waals surface area contributed by atoms with Crippen LogP contribution in [0.2, 0.25) is 0 Å². The number of amides is 1. The molecule has 1 aliphatic rings. The van der Waals surface area contributed by atoms with Gasteiger partial charge in [-0.15, -0.1) is 11.8 Å². The normalized spacial score (nSPS) is 23.5. The monoisotopic (exact) mass is 279 g/mol. The van der Waals surface area contributed by atoms with Crippen molar-refractivity contribution in [2.75, 3.05) is 5.75 Å². The van der Waals surface area contributed by atoms with Crippen LogP contribution in [0.1, 0.15) is 44.4 Å². The van der Waals surface area contributed by atoms with Gasteiger partial charge in [0.15, 0.2) is 0 Å². The lowest BCUT2D eigenvalue weighted by Gasteiger charge is -2.28. The summed E-state index contributed by atoms with van der Waals surface area (Å²) in [5, 5.41) is 13.3. The quantitative estimate of drug-likeness (QED) is 0.830. The number of hydrogen-bond acceptors (Lipinski definition) is 3. The summed E-state index contributed by atoms with van der Waals surface area (Å²) in [6.07, 6.45) is 0. The molecule has 0 radical (unpaired) electrons. The Morgan fingerprint density at radius 1 is 1.37 bits per heavy atom. The van der Waals surface area contributed by atoms with E-state index in [2.05, 4.69) is 26.1 Å². The SMILES string of the molecule is Cc1cc(C2(C)NC(=O)CS2)cc(C(C)(C)C)c1O. The van der Waals surface area contributed by atoms with E-state index in [0.29, 0.717) is 11.5 Å². The number of carbonyl (C=O) groups excluding carboxylic acids is 1. The van der Waals surface area contributed by atoms with Gasteiger partial charge in [-0.3, -0.25) is 4.79 Å². The van der Waals surface area contributed by atoms with E-state index in [1.54, 1.807) is 11.8 Å². The molecule has 3 nitrogen and oxygen atoms in total. The lowest BCUT2D eigenvalue weighted by molar-refractivity contribution is -0.118. The van der Waals surface area contributed by atoms with Gasteiger partial charge >= 0.3 is 0 Å². The molecule has 0 aliphatic carbocycles. The van der Waals surface area contributed by atoms with Crippen LogP contribution in [-0.2, 0) is 15.1 Å². The Morgan fingerprint density at radius 3 is 2.47 bits per heavy atom. The third kappa shape index (κ3) is 2.59. The maximum absolute atomic E-state index is 11.5. The van der Waals surface area contributed by atoms with Gasteiger partial charge in [-0.05, 0) is 48.1 Å². The zero-order chi connectivity index (χ0) is 14.4. The van der Waals surface area contributed by atoms with Crippen molar-refractivity contribution in [1.29, 1.82) is 0 Å². The molecule has 1 unspecified atom stereocenters. The lowest BCUT2D eigenvalue weighted by Crippen LogP contribution is -2.34. The van der Waals surface area contributed by atoms with Crippen molar-refractivity contribution in [1.82, 2.24) is 5.32 Å². The maximum atomic E-state index is 11.5. The summed E-state index contributed by atoms with van der Waals surface area (Å²) in [7, 11) is 0. The number of phenolic OH excluding ortho intramolecular Hbond substituents is 1. The Bertz CT molecular complexity index is 534. The molecule has 1 atom stereocenters. The molecule has 1 heterocycles. The third-order valence-electron chi connectivity index (χ3n) is 3.53. The summed E-state index contributed by atoms with van der Waals surface area (Å²) >= 11 is 1.60. The molecule has 1 aromatic rings. The van der Waals surface area contributed by atoms with E-state index in [1.807, 2.05) is 26.0 Å². The minimum absolute atomic E-state index is 0.0653. The molecule has 1 saturated heterocycles. The first-order valence-corrected chi connectivity index (χ1v) is 7.41. The van der Waals surface area contributed by atoms with Gasteiger partial charge in [0.05, 0.1) is 5.75 Å². The summed E-state index contributed by atoms with van der Waals surface area (Å²) in [6, 6.07) is 3.98. The molecule has 0 saturated carbocycles. The van der Waals surface area contributed by atoms with Gasteiger partial charge in [-0.2, -0.15) is 0 Å². The summed E-state index contributed by atoms with van der Waals surface area (Å²) in [6.45, 7) is 10.1. The molecule has 1 amide bonds. The zero-order valence-corrected chi connectivity index (χ0v) is 12.9. The first-order chi connectivity index (χ1) is 8.63. The predicted octanol–water partition coefficient (Wildman–Crippen LogP) is 3.03. The smallest absolute Gasteiger partial charge is 0.231 e. The van der Waals surface area contributed by atoms with Gasteiger partial charge in [0, 0.05) is 0 Å². The molecule has 2 N–H and O–H groups in total. The minimum atomic E-state index is -0.393. The van der Waals surface area contributed by atoms with E-state index in [9.17, 15) is 9.90 Å². The van der Waals surface area contributed by atoms with Crippen molar-refractivity contribution < 1.29 is 9.90 Å². The molecule has 1 aromatic carbocycles. The van der Waals surface area contributed by atoms with E-state index in [-0.39, 0.29) is 11.3 Å². The van der Waals surface area contributed by atoms with Gasteiger partial charge in [-0.25, -0.2) is 0 Å². The fraction of sp³-hybridized carbons (Fsp3) is 0.533. The molecule has 104 valence electrons. The Labute approximate surface area is 118 Å². The highest BCUT2D eigenvalue weighted by Gasteiger charge is 2.37. The number of hydrogen-bond donors (Lipinski definition) is 2. The molecule has 2 rings (SSSR count). The number of carbonyl (C=O) groups is 1. The van der Waals surface area contributed by atoms with Crippen LogP contribution in [0.25, 0.3) is 0 Å². The fourth-order valence-electron chi connectivity index (χ4n) is 2.33. The van der Waals surface area contributed by atoms with Crippen LogP contribution in [0.3, 0.4) is 0 Å². The third-order valence-corrected chi connectivity index (χ3v) is 4.85. The second-order valence-corrected chi connectivity index (χ2v) is 7.70. The Kier molecular flexibility index (Phi) is 3.33. The van der Waals surface area contributed by atoms with E-state index < -0.39 is 4.87 Å². The summed E-state index contributed by atoms with van der Waals surface area (Å²) in [5.74, 6) is 0.908. The molecule has 4 heteroatoms. The maximum Gasteiger partial charge on any atom is 0.231 e. The van der Waals surface area contributed by atoms with Gasteiger partial charge in [0.1, 0.15) is 10.6 Å². The second-order valence-electron chi connectivity index (χ2n) is 6.31. The van der Waals surface area contributed by atoms with Crippen molar-refractivity contribution in [2.45, 2.75) is 44.9 Å². The van der Waals surface area contributed by atoms with Gasteiger partial charge in [-0.1, -0.05) is 20.8 Å². The van der Waals surface area contributed by atoms with Gasteiger partial charge < -0.3 is 10.4 Å². The van der Waals surface area contributed by atoms with Crippen molar-refractivity contribution in [3.63, 3.8) is 0 Å². The molecule has 0 aromatic heterocycles. The minimum Gasteiger partial charge on any atom is -0.507 e. The lowest BCUT2D eigenvalue weighted by atomic mass is 9.83. The van der Waals surface area contributed by atoms with Crippen molar-refractivity contribution >= 4 is 17.7 Å². The number of benzene rings is 1. The standard InChI is InChI=1S/C15H21NO2S/c1-9-6-10(15(5)16-12(17)8-19-15)7-11(13(9)18)14(2,3)4/h6-7,18H,8H2,1-5H3,(H,16,17). The molecule has 0 bridgehead atoms. The average molecular weight is 279 g/mol. The molecule has 1 aliphatic heterocycles. The van der Waals surface area contributed by atoms with E-state index in [4.69, 9.17) is 0 Å². The number of phenols is 1. The number of aryl methyl sites for hydroxylation is 1. The highest BCUT2D eigenvalue weighted by atomic mass is 32.2. The van der Waals surface area contributed by atoms with Crippen molar-refractivity contribution in [3.05, 3.63) is 28.8 Å². The number of thioether (sulfide) groups is 1. The van der Waals surface area contributed by atoms with E-state index in [1.165, 1.54) is 0 Å². The summed E-state index contributed by atoms with van der Waals surface area (Å²) in [4.78, 5) is 11.1. The van der Waals surface area contributed by atoms with Crippen LogP contribution in [-0.4, -0.2) is 16.8 Å². The first kappa shape index (κ1) is 14.3. The highest BCUT2D eigenvalue weighted by Crippen LogP contribution is 2.42. The van der Waals surface area contributed by atoms with E-state index >= 15 is 0 Å². The van der Waals surface area contributed by atoms with Crippen LogP contribution >= 0.6 is 11.8 Å². The highest BCUT2D eigenvalue weighted by molar-refractivity contribution is 8.01. The van der Waals surface area contributed by atoms with Crippen LogP contribution in [0.4, 0.5) is 0 Å². The van der Waals surface area contributed by atoms with Crippen LogP contribution in [0.5, 0.6) is 5.75 Å². The van der Waals surface area contributed by atoms with Crippen LogP contribution in [0, 0.1) is 6.92 Å². The molecule has 1 fully saturated rings. The second kappa shape index (κ2) is 4.44. The Morgan fingerprint density at radius 2 is 2.00 bits per heavy atom.